The Labute approximate surface area is 83.7 Å². The molecule has 1 aromatic heterocycles. The molecule has 5 heteroatoms. The average molecular weight is 246 g/mol. The summed E-state index contributed by atoms with van der Waals surface area (Å²) >= 11 is 3.16. The van der Waals surface area contributed by atoms with Crippen LogP contribution in [0, 0.1) is 0 Å². The number of ether oxygens (including phenoxy) is 1. The Balaban J connectivity index is 2.94. The van der Waals surface area contributed by atoms with E-state index in [1.165, 1.54) is 7.11 Å². The van der Waals surface area contributed by atoms with E-state index in [1.54, 1.807) is 12.1 Å². The molecule has 4 nitrogen and oxygen atoms in total. The molecule has 0 aliphatic heterocycles. The summed E-state index contributed by atoms with van der Waals surface area (Å²) in [6, 6.07) is 3.27. The first kappa shape index (κ1) is 9.98. The summed E-state index contributed by atoms with van der Waals surface area (Å²) in [5.41, 5.74) is 0.471. The first-order valence-electron chi connectivity index (χ1n) is 3.54. The standard InChI is InChI=1S/C8H8BrNO3/c1-13-6-2-5(3-8(11)12)10-7(9)4-6/h2,4H,3H2,1H3,(H,11,12). The molecule has 0 fully saturated rings. The van der Waals surface area contributed by atoms with E-state index in [0.717, 1.165) is 0 Å². The zero-order chi connectivity index (χ0) is 9.84. The molecule has 1 heterocycles. The zero-order valence-electron chi connectivity index (χ0n) is 6.95. The van der Waals surface area contributed by atoms with Gasteiger partial charge < -0.3 is 9.84 Å². The summed E-state index contributed by atoms with van der Waals surface area (Å²) in [6.07, 6.45) is -0.101. The van der Waals surface area contributed by atoms with Gasteiger partial charge in [-0.3, -0.25) is 4.79 Å². The fourth-order valence-corrected chi connectivity index (χ4v) is 1.34. The Bertz CT molecular complexity index is 327. The molecule has 0 bridgehead atoms. The zero-order valence-corrected chi connectivity index (χ0v) is 8.54. The number of rotatable bonds is 3. The number of hydrogen-bond donors (Lipinski definition) is 1. The molecule has 0 aliphatic rings. The lowest BCUT2D eigenvalue weighted by atomic mass is 10.2. The van der Waals surface area contributed by atoms with Gasteiger partial charge in [0, 0.05) is 12.1 Å². The van der Waals surface area contributed by atoms with Crippen molar-refractivity contribution < 1.29 is 14.6 Å². The second kappa shape index (κ2) is 4.23. The largest absolute Gasteiger partial charge is 0.497 e. The van der Waals surface area contributed by atoms with Crippen LogP contribution in [0.25, 0.3) is 0 Å². The van der Waals surface area contributed by atoms with Gasteiger partial charge in [0.25, 0.3) is 0 Å². The minimum atomic E-state index is -0.910. The highest BCUT2D eigenvalue weighted by molar-refractivity contribution is 9.10. The van der Waals surface area contributed by atoms with Crippen LogP contribution in [0.3, 0.4) is 0 Å². The van der Waals surface area contributed by atoms with Crippen LogP contribution in [0.4, 0.5) is 0 Å². The molecular weight excluding hydrogens is 238 g/mol. The van der Waals surface area contributed by atoms with Crippen LogP contribution in [0.1, 0.15) is 5.69 Å². The van der Waals surface area contributed by atoms with Crippen LogP contribution in [-0.4, -0.2) is 23.2 Å². The Morgan fingerprint density at radius 1 is 1.69 bits per heavy atom. The molecule has 70 valence electrons. The highest BCUT2D eigenvalue weighted by atomic mass is 79.9. The summed E-state index contributed by atoms with van der Waals surface area (Å²) in [4.78, 5) is 14.4. The van der Waals surface area contributed by atoms with E-state index in [2.05, 4.69) is 20.9 Å². The number of halogens is 1. The van der Waals surface area contributed by atoms with Crippen molar-refractivity contribution in [1.82, 2.24) is 4.98 Å². The van der Waals surface area contributed by atoms with Crippen LogP contribution in [-0.2, 0) is 11.2 Å². The minimum Gasteiger partial charge on any atom is -0.497 e. The van der Waals surface area contributed by atoms with Gasteiger partial charge >= 0.3 is 5.97 Å². The smallest absolute Gasteiger partial charge is 0.309 e. The molecular formula is C8H8BrNO3. The second-order valence-electron chi connectivity index (χ2n) is 2.39. The predicted molar refractivity (Wildman–Crippen MR) is 49.8 cm³/mol. The summed E-state index contributed by atoms with van der Waals surface area (Å²) in [6.45, 7) is 0. The number of carboxylic acids is 1. The molecule has 0 saturated carbocycles. The van der Waals surface area contributed by atoms with Gasteiger partial charge in [0.1, 0.15) is 10.4 Å². The van der Waals surface area contributed by atoms with Crippen molar-refractivity contribution in [2.45, 2.75) is 6.42 Å². The van der Waals surface area contributed by atoms with E-state index >= 15 is 0 Å². The maximum Gasteiger partial charge on any atom is 0.309 e. The number of carboxylic acid groups (broad SMARTS) is 1. The van der Waals surface area contributed by atoms with E-state index in [9.17, 15) is 4.79 Å². The maximum absolute atomic E-state index is 10.4. The number of carbonyl (C=O) groups is 1. The fourth-order valence-electron chi connectivity index (χ4n) is 0.888. The van der Waals surface area contributed by atoms with Crippen molar-refractivity contribution in [1.29, 1.82) is 0 Å². The van der Waals surface area contributed by atoms with Crippen molar-refractivity contribution in [2.24, 2.45) is 0 Å². The molecule has 0 amide bonds. The summed E-state index contributed by atoms with van der Waals surface area (Å²) in [5, 5.41) is 8.53. The Hall–Kier alpha value is -1.10. The van der Waals surface area contributed by atoms with Crippen molar-refractivity contribution in [3.05, 3.63) is 22.4 Å². The third-order valence-corrected chi connectivity index (χ3v) is 1.79. The first-order valence-corrected chi connectivity index (χ1v) is 4.33. The molecule has 1 aromatic rings. The lowest BCUT2D eigenvalue weighted by molar-refractivity contribution is -0.136. The molecule has 0 radical (unpaired) electrons. The summed E-state index contributed by atoms with van der Waals surface area (Å²) < 4.78 is 5.53. The van der Waals surface area contributed by atoms with Crippen molar-refractivity contribution in [3.63, 3.8) is 0 Å². The van der Waals surface area contributed by atoms with Crippen molar-refractivity contribution in [3.8, 4) is 5.75 Å². The topological polar surface area (TPSA) is 59.4 Å². The van der Waals surface area contributed by atoms with Gasteiger partial charge in [-0.2, -0.15) is 0 Å². The summed E-state index contributed by atoms with van der Waals surface area (Å²) in [5.74, 6) is -0.314. The van der Waals surface area contributed by atoms with Gasteiger partial charge in [-0.05, 0) is 15.9 Å². The average Bonchev–Trinajstić information content (AvgIpc) is 2.01. The Kier molecular flexibility index (Phi) is 3.25. The summed E-state index contributed by atoms with van der Waals surface area (Å²) in [7, 11) is 1.52. The van der Waals surface area contributed by atoms with Crippen LogP contribution in [0.15, 0.2) is 16.7 Å². The van der Waals surface area contributed by atoms with Gasteiger partial charge in [0.05, 0.1) is 19.2 Å². The SMILES string of the molecule is COc1cc(Br)nc(CC(=O)O)c1. The molecule has 0 saturated heterocycles. The third-order valence-electron chi connectivity index (χ3n) is 1.39. The minimum absolute atomic E-state index is 0.101. The number of methoxy groups -OCH3 is 1. The number of hydrogen-bond acceptors (Lipinski definition) is 3. The van der Waals surface area contributed by atoms with Gasteiger partial charge in [0.2, 0.25) is 0 Å². The van der Waals surface area contributed by atoms with E-state index in [1.807, 2.05) is 0 Å². The lowest BCUT2D eigenvalue weighted by Gasteiger charge is -2.02. The van der Waals surface area contributed by atoms with E-state index in [0.29, 0.717) is 16.0 Å². The first-order chi connectivity index (χ1) is 6.11. The lowest BCUT2D eigenvalue weighted by Crippen LogP contribution is -2.02. The van der Waals surface area contributed by atoms with Gasteiger partial charge in [-0.15, -0.1) is 0 Å². The van der Waals surface area contributed by atoms with E-state index in [4.69, 9.17) is 9.84 Å². The number of aromatic nitrogens is 1. The molecule has 0 aromatic carbocycles. The molecule has 1 rings (SSSR count). The van der Waals surface area contributed by atoms with Gasteiger partial charge in [0.15, 0.2) is 0 Å². The molecule has 1 N–H and O–H groups in total. The number of aliphatic carboxylic acids is 1. The monoisotopic (exact) mass is 245 g/mol. The molecule has 0 atom stereocenters. The van der Waals surface area contributed by atoms with E-state index < -0.39 is 5.97 Å². The maximum atomic E-state index is 10.4. The Morgan fingerprint density at radius 2 is 2.38 bits per heavy atom. The fraction of sp³-hybridized carbons (Fsp3) is 0.250. The predicted octanol–water partition coefficient (Wildman–Crippen LogP) is 1.48. The second-order valence-corrected chi connectivity index (χ2v) is 3.20. The van der Waals surface area contributed by atoms with Gasteiger partial charge in [-0.25, -0.2) is 4.98 Å². The molecule has 0 unspecified atom stereocenters. The third kappa shape index (κ3) is 3.02. The van der Waals surface area contributed by atoms with Crippen LogP contribution < -0.4 is 4.74 Å². The molecule has 13 heavy (non-hydrogen) atoms. The quantitative estimate of drug-likeness (QED) is 0.820. The van der Waals surface area contributed by atoms with Crippen LogP contribution in [0.5, 0.6) is 5.75 Å². The van der Waals surface area contributed by atoms with Crippen molar-refractivity contribution in [2.75, 3.05) is 7.11 Å². The number of pyridine rings is 1. The normalized spacial score (nSPS) is 9.69. The van der Waals surface area contributed by atoms with E-state index in [-0.39, 0.29) is 6.42 Å². The number of nitrogens with zero attached hydrogens (tertiary/aromatic N) is 1. The molecule has 0 aliphatic carbocycles. The van der Waals surface area contributed by atoms with Crippen LogP contribution >= 0.6 is 15.9 Å². The van der Waals surface area contributed by atoms with Gasteiger partial charge in [-0.1, -0.05) is 0 Å². The highest BCUT2D eigenvalue weighted by Gasteiger charge is 2.05. The Morgan fingerprint density at radius 3 is 2.92 bits per heavy atom. The van der Waals surface area contributed by atoms with Crippen LogP contribution in [0.2, 0.25) is 0 Å². The van der Waals surface area contributed by atoms with Crippen molar-refractivity contribution >= 4 is 21.9 Å². The molecule has 0 spiro atoms. The highest BCUT2D eigenvalue weighted by Crippen LogP contribution is 2.17.